The van der Waals surface area contributed by atoms with E-state index in [1.165, 1.54) is 12.1 Å². The molecule has 10 heteroatoms. The van der Waals surface area contributed by atoms with Gasteiger partial charge in [-0.15, -0.1) is 0 Å². The first-order valence-corrected chi connectivity index (χ1v) is 9.35. The van der Waals surface area contributed by atoms with Crippen LogP contribution in [0.3, 0.4) is 0 Å². The van der Waals surface area contributed by atoms with Crippen LogP contribution >= 0.6 is 0 Å². The average Bonchev–Trinajstić information content (AvgIpc) is 2.73. The largest absolute Gasteiger partial charge is 0.368 e. The third kappa shape index (κ3) is 5.07. The van der Waals surface area contributed by atoms with Gasteiger partial charge in [0, 0.05) is 63.0 Å². The summed E-state index contributed by atoms with van der Waals surface area (Å²) in [4.78, 5) is 38.3. The van der Waals surface area contributed by atoms with Gasteiger partial charge in [-0.1, -0.05) is 0 Å². The lowest BCUT2D eigenvalue weighted by atomic mass is 10.2. The highest BCUT2D eigenvalue weighted by atomic mass is 19.1. The van der Waals surface area contributed by atoms with E-state index in [2.05, 4.69) is 5.32 Å². The number of hydrogen-bond acceptors (Lipinski definition) is 5. The summed E-state index contributed by atoms with van der Waals surface area (Å²) in [5.74, 6) is -2.57. The number of piperazine rings is 1. The zero-order chi connectivity index (χ0) is 21.7. The number of halogens is 2. The van der Waals surface area contributed by atoms with E-state index in [0.717, 1.165) is 17.8 Å². The summed E-state index contributed by atoms with van der Waals surface area (Å²) in [7, 11) is 0. The van der Waals surface area contributed by atoms with Crippen molar-refractivity contribution in [3.63, 3.8) is 0 Å². The minimum absolute atomic E-state index is 0.0233. The molecule has 30 heavy (non-hydrogen) atoms. The Labute approximate surface area is 171 Å². The lowest BCUT2D eigenvalue weighted by Gasteiger charge is -2.36. The Morgan fingerprint density at radius 1 is 1.03 bits per heavy atom. The molecule has 1 N–H and O–H groups in total. The van der Waals surface area contributed by atoms with Gasteiger partial charge in [0.25, 0.3) is 11.6 Å². The molecule has 0 atom stereocenters. The van der Waals surface area contributed by atoms with Crippen LogP contribution in [0, 0.1) is 21.7 Å². The maximum Gasteiger partial charge on any atom is 0.269 e. The normalized spacial score (nSPS) is 13.8. The Kier molecular flexibility index (Phi) is 6.55. The van der Waals surface area contributed by atoms with Crippen LogP contribution in [0.15, 0.2) is 42.5 Å². The van der Waals surface area contributed by atoms with Crippen LogP contribution in [0.5, 0.6) is 0 Å². The summed E-state index contributed by atoms with van der Waals surface area (Å²) in [5.41, 5.74) is 0.594. The highest BCUT2D eigenvalue weighted by Crippen LogP contribution is 2.20. The van der Waals surface area contributed by atoms with Crippen molar-refractivity contribution in [3.05, 3.63) is 69.8 Å². The topological polar surface area (TPSA) is 95.8 Å². The Bertz CT molecular complexity index is 944. The number of amides is 2. The molecule has 2 amide bonds. The standard InChI is InChI=1S/C20H20F2N4O4/c21-14-1-6-17(18(22)13-14)20(28)23-8-7-19(27)25-11-9-24(10-12-25)15-2-4-16(5-3-15)26(29)30/h1-6,13H,7-12H2,(H,23,28). The van der Waals surface area contributed by atoms with Crippen molar-refractivity contribution in [1.82, 2.24) is 10.2 Å². The fourth-order valence-corrected chi connectivity index (χ4v) is 3.21. The van der Waals surface area contributed by atoms with Gasteiger partial charge in [0.2, 0.25) is 5.91 Å². The van der Waals surface area contributed by atoms with Crippen molar-refractivity contribution >= 4 is 23.2 Å². The van der Waals surface area contributed by atoms with Gasteiger partial charge in [-0.25, -0.2) is 8.78 Å². The molecule has 0 bridgehead atoms. The van der Waals surface area contributed by atoms with Gasteiger partial charge in [-0.2, -0.15) is 0 Å². The highest BCUT2D eigenvalue weighted by Gasteiger charge is 2.22. The Balaban J connectivity index is 1.44. The first-order valence-electron chi connectivity index (χ1n) is 9.35. The fourth-order valence-electron chi connectivity index (χ4n) is 3.21. The number of benzene rings is 2. The number of non-ortho nitro benzene ring substituents is 1. The van der Waals surface area contributed by atoms with Gasteiger partial charge in [0.05, 0.1) is 10.5 Å². The number of nitro groups is 1. The predicted molar refractivity (Wildman–Crippen MR) is 105 cm³/mol. The van der Waals surface area contributed by atoms with E-state index < -0.39 is 22.5 Å². The number of rotatable bonds is 6. The van der Waals surface area contributed by atoms with Gasteiger partial charge in [0.1, 0.15) is 11.6 Å². The van der Waals surface area contributed by atoms with E-state index in [-0.39, 0.29) is 30.1 Å². The number of nitro benzene ring substituents is 1. The predicted octanol–water partition coefficient (Wildman–Crippen LogP) is 2.34. The summed E-state index contributed by atoms with van der Waals surface area (Å²) in [5, 5.41) is 13.2. The molecule has 1 fully saturated rings. The van der Waals surface area contributed by atoms with Gasteiger partial charge in [-0.3, -0.25) is 19.7 Å². The summed E-state index contributed by atoms with van der Waals surface area (Å²) in [6.45, 7) is 2.16. The summed E-state index contributed by atoms with van der Waals surface area (Å²) < 4.78 is 26.5. The molecule has 1 aliphatic rings. The number of nitrogens with zero attached hydrogens (tertiary/aromatic N) is 3. The van der Waals surface area contributed by atoms with Crippen molar-refractivity contribution in [3.8, 4) is 0 Å². The summed E-state index contributed by atoms with van der Waals surface area (Å²) in [6, 6.07) is 8.93. The van der Waals surface area contributed by atoms with Gasteiger partial charge < -0.3 is 15.1 Å². The van der Waals surface area contributed by atoms with Crippen molar-refractivity contribution < 1.29 is 23.3 Å². The Morgan fingerprint density at radius 3 is 2.30 bits per heavy atom. The van der Waals surface area contributed by atoms with Crippen LogP contribution in [0.4, 0.5) is 20.2 Å². The number of nitrogens with one attached hydrogen (secondary N) is 1. The van der Waals surface area contributed by atoms with E-state index >= 15 is 0 Å². The minimum Gasteiger partial charge on any atom is -0.368 e. The van der Waals surface area contributed by atoms with Crippen LogP contribution in [0.2, 0.25) is 0 Å². The van der Waals surface area contributed by atoms with Crippen molar-refractivity contribution in [2.75, 3.05) is 37.6 Å². The minimum atomic E-state index is -0.957. The molecule has 1 heterocycles. The Morgan fingerprint density at radius 2 is 1.70 bits per heavy atom. The highest BCUT2D eigenvalue weighted by molar-refractivity contribution is 5.94. The molecular weight excluding hydrogens is 398 g/mol. The molecule has 3 rings (SSSR count). The lowest BCUT2D eigenvalue weighted by molar-refractivity contribution is -0.384. The molecule has 1 aliphatic heterocycles. The summed E-state index contributed by atoms with van der Waals surface area (Å²) in [6.07, 6.45) is 0.0616. The first-order chi connectivity index (χ1) is 14.3. The van der Waals surface area contributed by atoms with Crippen LogP contribution < -0.4 is 10.2 Å². The maximum atomic E-state index is 13.6. The second-order valence-electron chi connectivity index (χ2n) is 6.77. The molecule has 0 aliphatic carbocycles. The first kappa shape index (κ1) is 21.2. The van der Waals surface area contributed by atoms with Crippen molar-refractivity contribution in [2.45, 2.75) is 6.42 Å². The molecule has 0 unspecified atom stereocenters. The average molecular weight is 418 g/mol. The quantitative estimate of drug-likeness (QED) is 0.574. The smallest absolute Gasteiger partial charge is 0.269 e. The zero-order valence-electron chi connectivity index (χ0n) is 16.0. The molecule has 8 nitrogen and oxygen atoms in total. The zero-order valence-corrected chi connectivity index (χ0v) is 16.0. The van der Waals surface area contributed by atoms with Gasteiger partial charge in [0.15, 0.2) is 0 Å². The number of hydrogen-bond donors (Lipinski definition) is 1. The van der Waals surface area contributed by atoms with E-state index in [1.807, 2.05) is 4.90 Å². The second-order valence-corrected chi connectivity index (χ2v) is 6.77. The van der Waals surface area contributed by atoms with E-state index in [0.29, 0.717) is 32.2 Å². The van der Waals surface area contributed by atoms with E-state index in [4.69, 9.17) is 0 Å². The number of anilines is 1. The van der Waals surface area contributed by atoms with Crippen LogP contribution in [-0.4, -0.2) is 54.4 Å². The van der Waals surface area contributed by atoms with Crippen molar-refractivity contribution in [2.24, 2.45) is 0 Å². The molecular formula is C20H20F2N4O4. The van der Waals surface area contributed by atoms with Crippen LogP contribution in [-0.2, 0) is 4.79 Å². The second kappa shape index (κ2) is 9.29. The van der Waals surface area contributed by atoms with Gasteiger partial charge in [-0.05, 0) is 24.3 Å². The third-order valence-electron chi connectivity index (χ3n) is 4.86. The molecule has 2 aromatic carbocycles. The molecule has 1 saturated heterocycles. The monoisotopic (exact) mass is 418 g/mol. The lowest BCUT2D eigenvalue weighted by Crippen LogP contribution is -2.49. The van der Waals surface area contributed by atoms with E-state index in [1.54, 1.807) is 17.0 Å². The Hall–Kier alpha value is -3.56. The van der Waals surface area contributed by atoms with E-state index in [9.17, 15) is 28.5 Å². The van der Waals surface area contributed by atoms with Crippen LogP contribution in [0.25, 0.3) is 0 Å². The molecule has 0 radical (unpaired) electrons. The van der Waals surface area contributed by atoms with Gasteiger partial charge >= 0.3 is 0 Å². The fraction of sp³-hybridized carbons (Fsp3) is 0.300. The third-order valence-corrected chi connectivity index (χ3v) is 4.86. The molecule has 158 valence electrons. The van der Waals surface area contributed by atoms with Crippen LogP contribution in [0.1, 0.15) is 16.8 Å². The molecule has 0 aromatic heterocycles. The number of carbonyl (C=O) groups is 2. The molecule has 2 aromatic rings. The SMILES string of the molecule is O=C(NCCC(=O)N1CCN(c2ccc([N+](=O)[O-])cc2)CC1)c1ccc(F)cc1F. The molecule has 0 spiro atoms. The van der Waals surface area contributed by atoms with Crippen molar-refractivity contribution in [1.29, 1.82) is 0 Å². The molecule has 0 saturated carbocycles. The maximum absolute atomic E-state index is 13.6. The summed E-state index contributed by atoms with van der Waals surface area (Å²) >= 11 is 0. The number of carbonyl (C=O) groups excluding carboxylic acids is 2.